The van der Waals surface area contributed by atoms with Gasteiger partial charge in [0.1, 0.15) is 6.61 Å². The van der Waals surface area contributed by atoms with Crippen molar-refractivity contribution < 1.29 is 19.4 Å². The number of amides is 1. The second-order valence-corrected chi connectivity index (χ2v) is 6.28. The van der Waals surface area contributed by atoms with Crippen molar-refractivity contribution in [2.75, 3.05) is 13.7 Å². The minimum Gasteiger partial charge on any atom is -0.481 e. The summed E-state index contributed by atoms with van der Waals surface area (Å²) in [6.07, 6.45) is 2.73. The first-order chi connectivity index (χ1) is 10.1. The van der Waals surface area contributed by atoms with Crippen molar-refractivity contribution in [3.8, 4) is 0 Å². The SMILES string of the molecule is CN(Cc1ccsc1)C(=O)COC1CCC(C(=O)O)CC1. The van der Waals surface area contributed by atoms with Crippen LogP contribution in [0.5, 0.6) is 0 Å². The number of ether oxygens (including phenoxy) is 1. The number of thiophene rings is 1. The summed E-state index contributed by atoms with van der Waals surface area (Å²) in [4.78, 5) is 24.5. The third kappa shape index (κ3) is 4.82. The van der Waals surface area contributed by atoms with Crippen LogP contribution in [0.25, 0.3) is 0 Å². The largest absolute Gasteiger partial charge is 0.481 e. The highest BCUT2D eigenvalue weighted by molar-refractivity contribution is 7.07. The van der Waals surface area contributed by atoms with Crippen molar-refractivity contribution in [2.45, 2.75) is 38.3 Å². The lowest BCUT2D eigenvalue weighted by Gasteiger charge is -2.26. The summed E-state index contributed by atoms with van der Waals surface area (Å²) >= 11 is 1.61. The zero-order chi connectivity index (χ0) is 15.2. The average molecular weight is 311 g/mol. The van der Waals surface area contributed by atoms with Gasteiger partial charge in [0.2, 0.25) is 5.91 Å². The minimum atomic E-state index is -0.722. The number of aliphatic carboxylic acids is 1. The molecule has 0 spiro atoms. The molecule has 1 aromatic rings. The Labute approximate surface area is 128 Å². The van der Waals surface area contributed by atoms with E-state index in [9.17, 15) is 9.59 Å². The van der Waals surface area contributed by atoms with Gasteiger partial charge in [0.25, 0.3) is 0 Å². The highest BCUT2D eigenvalue weighted by Crippen LogP contribution is 2.26. The third-order valence-corrected chi connectivity index (χ3v) is 4.62. The number of carboxylic acids is 1. The van der Waals surface area contributed by atoms with Gasteiger partial charge in [-0.3, -0.25) is 9.59 Å². The molecule has 0 unspecified atom stereocenters. The predicted octanol–water partition coefficient (Wildman–Crippen LogP) is 2.37. The highest BCUT2D eigenvalue weighted by Gasteiger charge is 2.26. The highest BCUT2D eigenvalue weighted by atomic mass is 32.1. The molecule has 116 valence electrons. The maximum atomic E-state index is 12.0. The normalized spacial score (nSPS) is 22.0. The zero-order valence-electron chi connectivity index (χ0n) is 12.2. The van der Waals surface area contributed by atoms with E-state index in [0.717, 1.165) is 18.4 Å². The summed E-state index contributed by atoms with van der Waals surface area (Å²) in [6, 6.07) is 2.00. The molecule has 1 aliphatic carbocycles. The second-order valence-electron chi connectivity index (χ2n) is 5.50. The van der Waals surface area contributed by atoms with Gasteiger partial charge in [0.15, 0.2) is 0 Å². The van der Waals surface area contributed by atoms with Gasteiger partial charge in [-0.05, 0) is 48.1 Å². The van der Waals surface area contributed by atoms with E-state index in [2.05, 4.69) is 0 Å². The molecule has 1 heterocycles. The monoisotopic (exact) mass is 311 g/mol. The Morgan fingerprint density at radius 2 is 2.10 bits per heavy atom. The van der Waals surface area contributed by atoms with Gasteiger partial charge < -0.3 is 14.7 Å². The van der Waals surface area contributed by atoms with Crippen LogP contribution in [0.1, 0.15) is 31.2 Å². The first kappa shape index (κ1) is 16.0. The summed E-state index contributed by atoms with van der Waals surface area (Å²) in [6.45, 7) is 0.667. The molecule has 1 fully saturated rings. The third-order valence-electron chi connectivity index (χ3n) is 3.89. The first-order valence-electron chi connectivity index (χ1n) is 7.15. The molecule has 2 rings (SSSR count). The Morgan fingerprint density at radius 3 is 2.67 bits per heavy atom. The lowest BCUT2D eigenvalue weighted by Crippen LogP contribution is -2.33. The maximum Gasteiger partial charge on any atom is 0.306 e. The Bertz CT molecular complexity index is 466. The number of carbonyl (C=O) groups is 2. The van der Waals surface area contributed by atoms with E-state index in [-0.39, 0.29) is 24.5 Å². The van der Waals surface area contributed by atoms with Crippen LogP contribution in [-0.2, 0) is 20.9 Å². The number of carbonyl (C=O) groups excluding carboxylic acids is 1. The Hall–Kier alpha value is -1.40. The molecule has 1 amide bonds. The number of hydrogen-bond donors (Lipinski definition) is 1. The summed E-state index contributed by atoms with van der Waals surface area (Å²) in [5.74, 6) is -1.01. The maximum absolute atomic E-state index is 12.0. The molecule has 21 heavy (non-hydrogen) atoms. The summed E-state index contributed by atoms with van der Waals surface area (Å²) in [5.41, 5.74) is 1.12. The van der Waals surface area contributed by atoms with Crippen LogP contribution in [0.15, 0.2) is 16.8 Å². The van der Waals surface area contributed by atoms with Crippen LogP contribution in [0.3, 0.4) is 0 Å². The molecule has 0 saturated heterocycles. The van der Waals surface area contributed by atoms with Gasteiger partial charge in [-0.15, -0.1) is 0 Å². The zero-order valence-corrected chi connectivity index (χ0v) is 13.0. The molecule has 5 nitrogen and oxygen atoms in total. The summed E-state index contributed by atoms with van der Waals surface area (Å²) in [7, 11) is 1.77. The Kier molecular flexibility index (Phi) is 5.76. The summed E-state index contributed by atoms with van der Waals surface area (Å²) < 4.78 is 5.63. The van der Waals surface area contributed by atoms with Crippen LogP contribution >= 0.6 is 11.3 Å². The second kappa shape index (κ2) is 7.56. The van der Waals surface area contributed by atoms with Gasteiger partial charge >= 0.3 is 5.97 Å². The lowest BCUT2D eigenvalue weighted by molar-refractivity contribution is -0.145. The van der Waals surface area contributed by atoms with Crippen molar-refractivity contribution in [2.24, 2.45) is 5.92 Å². The molecular formula is C15H21NO4S. The van der Waals surface area contributed by atoms with E-state index < -0.39 is 5.97 Å². The molecule has 6 heteroatoms. The standard InChI is InChI=1S/C15H21NO4S/c1-16(8-11-6-7-21-10-11)14(17)9-20-13-4-2-12(3-5-13)15(18)19/h6-7,10,12-13H,2-5,8-9H2,1H3,(H,18,19). The van der Waals surface area contributed by atoms with Crippen molar-refractivity contribution in [1.29, 1.82) is 0 Å². The van der Waals surface area contributed by atoms with Crippen molar-refractivity contribution in [3.05, 3.63) is 22.4 Å². The predicted molar refractivity (Wildman–Crippen MR) is 80.1 cm³/mol. The van der Waals surface area contributed by atoms with E-state index in [0.29, 0.717) is 19.4 Å². The molecule has 0 bridgehead atoms. The molecular weight excluding hydrogens is 290 g/mol. The number of carboxylic acid groups (broad SMARTS) is 1. The van der Waals surface area contributed by atoms with Crippen LogP contribution in [-0.4, -0.2) is 41.6 Å². The van der Waals surface area contributed by atoms with Crippen molar-refractivity contribution in [3.63, 3.8) is 0 Å². The summed E-state index contributed by atoms with van der Waals surface area (Å²) in [5, 5.41) is 13.0. The molecule has 0 aromatic carbocycles. The Morgan fingerprint density at radius 1 is 1.38 bits per heavy atom. The first-order valence-corrected chi connectivity index (χ1v) is 8.10. The fourth-order valence-electron chi connectivity index (χ4n) is 2.52. The van der Waals surface area contributed by atoms with E-state index in [1.165, 1.54) is 0 Å². The molecule has 0 radical (unpaired) electrons. The Balaban J connectivity index is 1.68. The molecule has 1 aliphatic rings. The number of rotatable bonds is 6. The van der Waals surface area contributed by atoms with Gasteiger partial charge in [0.05, 0.1) is 12.0 Å². The lowest BCUT2D eigenvalue weighted by atomic mass is 9.87. The van der Waals surface area contributed by atoms with Crippen LogP contribution in [0.2, 0.25) is 0 Å². The molecule has 1 N–H and O–H groups in total. The van der Waals surface area contributed by atoms with Crippen LogP contribution in [0, 0.1) is 5.92 Å². The van der Waals surface area contributed by atoms with E-state index in [4.69, 9.17) is 9.84 Å². The van der Waals surface area contributed by atoms with Crippen molar-refractivity contribution >= 4 is 23.2 Å². The van der Waals surface area contributed by atoms with Crippen LogP contribution < -0.4 is 0 Å². The number of hydrogen-bond acceptors (Lipinski definition) is 4. The van der Waals surface area contributed by atoms with Gasteiger partial charge in [0, 0.05) is 13.6 Å². The van der Waals surface area contributed by atoms with Crippen molar-refractivity contribution in [1.82, 2.24) is 4.90 Å². The van der Waals surface area contributed by atoms with Gasteiger partial charge in [-0.2, -0.15) is 11.3 Å². The fraction of sp³-hybridized carbons (Fsp3) is 0.600. The van der Waals surface area contributed by atoms with E-state index >= 15 is 0 Å². The molecule has 1 aromatic heterocycles. The van der Waals surface area contributed by atoms with Gasteiger partial charge in [-0.1, -0.05) is 0 Å². The molecule has 0 aliphatic heterocycles. The smallest absolute Gasteiger partial charge is 0.306 e. The number of nitrogens with zero attached hydrogens (tertiary/aromatic N) is 1. The van der Waals surface area contributed by atoms with E-state index in [1.54, 1.807) is 23.3 Å². The topological polar surface area (TPSA) is 66.8 Å². The van der Waals surface area contributed by atoms with Gasteiger partial charge in [-0.25, -0.2) is 0 Å². The fourth-order valence-corrected chi connectivity index (χ4v) is 3.18. The average Bonchev–Trinajstić information content (AvgIpc) is 2.98. The number of likely N-dealkylation sites (N-methyl/N-ethyl adjacent to an activating group) is 1. The molecule has 0 atom stereocenters. The molecule has 1 saturated carbocycles. The minimum absolute atomic E-state index is 0.0131. The van der Waals surface area contributed by atoms with E-state index in [1.807, 2.05) is 16.8 Å². The quantitative estimate of drug-likeness (QED) is 0.876. The van der Waals surface area contributed by atoms with Crippen LogP contribution in [0.4, 0.5) is 0 Å².